The van der Waals surface area contributed by atoms with Crippen molar-refractivity contribution in [2.75, 3.05) is 25.6 Å². The molecule has 1 aliphatic heterocycles. The Morgan fingerprint density at radius 3 is 2.68 bits per heavy atom. The predicted molar refractivity (Wildman–Crippen MR) is 105 cm³/mol. The number of amides is 1. The van der Waals surface area contributed by atoms with Crippen LogP contribution in [0.1, 0.15) is 16.1 Å². The summed E-state index contributed by atoms with van der Waals surface area (Å²) in [7, 11) is 3.43. The van der Waals surface area contributed by atoms with Gasteiger partial charge in [0, 0.05) is 24.4 Å². The van der Waals surface area contributed by atoms with Gasteiger partial charge in [0.1, 0.15) is 19.0 Å². The van der Waals surface area contributed by atoms with E-state index in [1.165, 1.54) is 0 Å². The number of carbonyl (C=O) groups excluding carboxylic acids is 1. The highest BCUT2D eigenvalue weighted by molar-refractivity contribution is 6.03. The van der Waals surface area contributed by atoms with Crippen LogP contribution in [0.25, 0.3) is 11.3 Å². The second-order valence-corrected chi connectivity index (χ2v) is 6.55. The summed E-state index contributed by atoms with van der Waals surface area (Å²) >= 11 is 0. The highest BCUT2D eigenvalue weighted by atomic mass is 16.6. The maximum absolute atomic E-state index is 12.7. The molecule has 4 rings (SSSR count). The van der Waals surface area contributed by atoms with Crippen LogP contribution in [0, 0.1) is 6.92 Å². The summed E-state index contributed by atoms with van der Waals surface area (Å²) in [6.07, 6.45) is 0. The van der Waals surface area contributed by atoms with Gasteiger partial charge in [-0.1, -0.05) is 11.6 Å². The molecular weight excluding hydrogens is 358 g/mol. The van der Waals surface area contributed by atoms with Crippen molar-refractivity contribution in [1.29, 1.82) is 0 Å². The molecule has 1 aromatic heterocycles. The molecule has 144 valence electrons. The van der Waals surface area contributed by atoms with Crippen molar-refractivity contribution in [3.8, 4) is 28.5 Å². The van der Waals surface area contributed by atoms with E-state index in [4.69, 9.17) is 14.2 Å². The lowest BCUT2D eigenvalue weighted by Gasteiger charge is -2.18. The minimum absolute atomic E-state index is 0.301. The Kier molecular flexibility index (Phi) is 4.65. The first-order chi connectivity index (χ1) is 13.5. The summed E-state index contributed by atoms with van der Waals surface area (Å²) in [4.78, 5) is 12.7. The van der Waals surface area contributed by atoms with E-state index in [0.717, 1.165) is 22.6 Å². The van der Waals surface area contributed by atoms with Crippen molar-refractivity contribution in [2.45, 2.75) is 6.92 Å². The molecule has 0 saturated carbocycles. The number of benzene rings is 2. The molecule has 2 aromatic carbocycles. The maximum atomic E-state index is 12.7. The van der Waals surface area contributed by atoms with Crippen LogP contribution in [0.2, 0.25) is 0 Å². The Labute approximate surface area is 162 Å². The third-order valence-corrected chi connectivity index (χ3v) is 4.54. The fourth-order valence-corrected chi connectivity index (χ4v) is 3.17. The van der Waals surface area contributed by atoms with E-state index in [0.29, 0.717) is 36.1 Å². The Morgan fingerprint density at radius 1 is 1.11 bits per heavy atom. The number of rotatable bonds is 4. The molecule has 0 bridgehead atoms. The molecule has 7 heteroatoms. The molecule has 0 fully saturated rings. The second-order valence-electron chi connectivity index (χ2n) is 6.55. The number of aromatic nitrogens is 2. The number of carbonyl (C=O) groups is 1. The third kappa shape index (κ3) is 3.38. The summed E-state index contributed by atoms with van der Waals surface area (Å²) in [6.45, 7) is 3.03. The number of fused-ring (bicyclic) bond motifs is 1. The van der Waals surface area contributed by atoms with Crippen molar-refractivity contribution >= 4 is 11.6 Å². The van der Waals surface area contributed by atoms with E-state index in [1.807, 2.05) is 25.1 Å². The van der Waals surface area contributed by atoms with Crippen LogP contribution < -0.4 is 19.5 Å². The lowest BCUT2D eigenvalue weighted by Crippen LogP contribution is -2.16. The van der Waals surface area contributed by atoms with Gasteiger partial charge in [-0.2, -0.15) is 5.10 Å². The molecule has 0 saturated heterocycles. The lowest BCUT2D eigenvalue weighted by molar-refractivity contribution is 0.102. The van der Waals surface area contributed by atoms with E-state index in [-0.39, 0.29) is 5.91 Å². The van der Waals surface area contributed by atoms with E-state index in [9.17, 15) is 4.79 Å². The number of hydrogen-bond acceptors (Lipinski definition) is 5. The van der Waals surface area contributed by atoms with Crippen LogP contribution in [0.4, 0.5) is 5.69 Å². The Balaban J connectivity index is 1.60. The van der Waals surface area contributed by atoms with Gasteiger partial charge in [-0.05, 0) is 37.3 Å². The molecule has 1 amide bonds. The average Bonchev–Trinajstić information content (AvgIpc) is 3.09. The molecule has 0 unspecified atom stereocenters. The molecule has 0 radical (unpaired) electrons. The number of hydrogen-bond donors (Lipinski definition) is 1. The second kappa shape index (κ2) is 7.26. The van der Waals surface area contributed by atoms with Crippen LogP contribution in [-0.4, -0.2) is 36.0 Å². The number of ether oxygens (including phenoxy) is 3. The normalized spacial score (nSPS) is 12.5. The van der Waals surface area contributed by atoms with Crippen LogP contribution in [-0.2, 0) is 7.05 Å². The van der Waals surface area contributed by atoms with E-state index in [2.05, 4.69) is 10.4 Å². The van der Waals surface area contributed by atoms with Gasteiger partial charge in [0.15, 0.2) is 17.2 Å². The molecule has 1 N–H and O–H groups in total. The standard InChI is InChI=1S/C21H21N3O4/c1-13-4-6-18(26-3)15(10-13)17-12-16(23-24(17)2)21(25)22-14-5-7-19-20(11-14)28-9-8-27-19/h4-7,10-12H,8-9H2,1-3H3,(H,22,25). The van der Waals surface area contributed by atoms with Gasteiger partial charge in [0.2, 0.25) is 0 Å². The fraction of sp³-hybridized carbons (Fsp3) is 0.238. The summed E-state index contributed by atoms with van der Waals surface area (Å²) < 4.78 is 18.2. The molecule has 0 atom stereocenters. The molecule has 0 aliphatic carbocycles. The topological polar surface area (TPSA) is 74.6 Å². The largest absolute Gasteiger partial charge is 0.496 e. The third-order valence-electron chi connectivity index (χ3n) is 4.54. The van der Waals surface area contributed by atoms with Crippen molar-refractivity contribution in [1.82, 2.24) is 9.78 Å². The van der Waals surface area contributed by atoms with Gasteiger partial charge in [0.05, 0.1) is 12.8 Å². The quantitative estimate of drug-likeness (QED) is 0.752. The predicted octanol–water partition coefficient (Wildman–Crippen LogP) is 3.43. The van der Waals surface area contributed by atoms with Gasteiger partial charge in [-0.3, -0.25) is 9.48 Å². The zero-order valence-electron chi connectivity index (χ0n) is 16.0. The molecule has 3 aromatic rings. The maximum Gasteiger partial charge on any atom is 0.276 e. The summed E-state index contributed by atoms with van der Waals surface area (Å²) in [5.74, 6) is 1.73. The first kappa shape index (κ1) is 17.9. The number of nitrogens with one attached hydrogen (secondary N) is 1. The van der Waals surface area contributed by atoms with Gasteiger partial charge in [-0.25, -0.2) is 0 Å². The molecular formula is C21H21N3O4. The summed E-state index contributed by atoms with van der Waals surface area (Å²) in [5.41, 5.74) is 3.72. The lowest BCUT2D eigenvalue weighted by atomic mass is 10.1. The Hall–Kier alpha value is -3.48. The summed E-state index contributed by atoms with van der Waals surface area (Å²) in [6, 6.07) is 13.0. The molecule has 1 aliphatic rings. The van der Waals surface area contributed by atoms with Gasteiger partial charge >= 0.3 is 0 Å². The monoisotopic (exact) mass is 379 g/mol. The number of methoxy groups -OCH3 is 1. The van der Waals surface area contributed by atoms with E-state index >= 15 is 0 Å². The number of anilines is 1. The highest BCUT2D eigenvalue weighted by Gasteiger charge is 2.18. The zero-order valence-corrected chi connectivity index (χ0v) is 16.0. The Bertz CT molecular complexity index is 1040. The molecule has 2 heterocycles. The summed E-state index contributed by atoms with van der Waals surface area (Å²) in [5, 5.41) is 7.23. The van der Waals surface area contributed by atoms with Crippen LogP contribution in [0.15, 0.2) is 42.5 Å². The minimum Gasteiger partial charge on any atom is -0.496 e. The van der Waals surface area contributed by atoms with E-state index < -0.39 is 0 Å². The van der Waals surface area contributed by atoms with Crippen molar-refractivity contribution in [2.24, 2.45) is 7.05 Å². The van der Waals surface area contributed by atoms with Crippen LogP contribution in [0.5, 0.6) is 17.2 Å². The Morgan fingerprint density at radius 2 is 1.89 bits per heavy atom. The number of aryl methyl sites for hydroxylation is 2. The molecule has 7 nitrogen and oxygen atoms in total. The first-order valence-corrected chi connectivity index (χ1v) is 8.95. The van der Waals surface area contributed by atoms with Gasteiger partial charge < -0.3 is 19.5 Å². The van der Waals surface area contributed by atoms with Crippen molar-refractivity contribution in [3.05, 3.63) is 53.7 Å². The van der Waals surface area contributed by atoms with Gasteiger partial charge in [-0.15, -0.1) is 0 Å². The average molecular weight is 379 g/mol. The zero-order chi connectivity index (χ0) is 19.7. The van der Waals surface area contributed by atoms with Crippen LogP contribution >= 0.6 is 0 Å². The smallest absolute Gasteiger partial charge is 0.276 e. The van der Waals surface area contributed by atoms with Crippen molar-refractivity contribution in [3.63, 3.8) is 0 Å². The highest BCUT2D eigenvalue weighted by Crippen LogP contribution is 2.33. The number of nitrogens with zero attached hydrogens (tertiary/aromatic N) is 2. The first-order valence-electron chi connectivity index (χ1n) is 8.95. The fourth-order valence-electron chi connectivity index (χ4n) is 3.17. The molecule has 0 spiro atoms. The van der Waals surface area contributed by atoms with Crippen LogP contribution in [0.3, 0.4) is 0 Å². The minimum atomic E-state index is -0.301. The van der Waals surface area contributed by atoms with E-state index in [1.54, 1.807) is 43.1 Å². The van der Waals surface area contributed by atoms with Crippen molar-refractivity contribution < 1.29 is 19.0 Å². The van der Waals surface area contributed by atoms with Gasteiger partial charge in [0.25, 0.3) is 5.91 Å². The molecule has 28 heavy (non-hydrogen) atoms. The SMILES string of the molecule is COc1ccc(C)cc1-c1cc(C(=O)Nc2ccc3c(c2)OCCO3)nn1C.